The molecule has 0 atom stereocenters. The monoisotopic (exact) mass is 258 g/mol. The number of carbonyl (C=O) groups is 1. The zero-order valence-corrected chi connectivity index (χ0v) is 10.4. The summed E-state index contributed by atoms with van der Waals surface area (Å²) in [5, 5.41) is 18.6. The van der Waals surface area contributed by atoms with Gasteiger partial charge in [-0.05, 0) is 35.4 Å². The fraction of sp³-hybridized carbons (Fsp3) is 0.133. The third kappa shape index (κ3) is 2.85. The van der Waals surface area contributed by atoms with E-state index < -0.39 is 11.9 Å². The van der Waals surface area contributed by atoms with E-state index in [9.17, 15) is 15.0 Å². The molecule has 0 heterocycles. The number of carbonyl (C=O) groups excluding carboxylic acids is 1. The Morgan fingerprint density at radius 3 is 1.58 bits per heavy atom. The third-order valence-electron chi connectivity index (χ3n) is 2.89. The maximum Gasteiger partial charge on any atom is 0.317 e. The van der Waals surface area contributed by atoms with E-state index in [4.69, 9.17) is 4.74 Å². The maximum absolute atomic E-state index is 11.9. The Morgan fingerprint density at radius 2 is 1.26 bits per heavy atom. The van der Waals surface area contributed by atoms with E-state index in [1.807, 2.05) is 0 Å². The lowest BCUT2D eigenvalue weighted by atomic mass is 9.91. The lowest BCUT2D eigenvalue weighted by Gasteiger charge is -2.15. The molecule has 4 heteroatoms. The molecule has 98 valence electrons. The highest BCUT2D eigenvalue weighted by molar-refractivity contribution is 5.82. The summed E-state index contributed by atoms with van der Waals surface area (Å²) in [5.41, 5.74) is 1.44. The van der Waals surface area contributed by atoms with Crippen molar-refractivity contribution < 1.29 is 19.7 Å². The predicted molar refractivity (Wildman–Crippen MR) is 70.1 cm³/mol. The molecule has 4 nitrogen and oxygen atoms in total. The summed E-state index contributed by atoms with van der Waals surface area (Å²) in [6.45, 7) is 0. The van der Waals surface area contributed by atoms with Crippen molar-refractivity contribution in [2.24, 2.45) is 0 Å². The molecule has 19 heavy (non-hydrogen) atoms. The number of aromatic hydroxyl groups is 2. The van der Waals surface area contributed by atoms with Gasteiger partial charge < -0.3 is 14.9 Å². The molecule has 0 aliphatic rings. The van der Waals surface area contributed by atoms with Crippen LogP contribution in [0.2, 0.25) is 0 Å². The van der Waals surface area contributed by atoms with Gasteiger partial charge in [0.25, 0.3) is 0 Å². The summed E-state index contributed by atoms with van der Waals surface area (Å²) in [7, 11) is 1.33. The van der Waals surface area contributed by atoms with Crippen LogP contribution in [-0.4, -0.2) is 23.3 Å². The number of rotatable bonds is 3. The highest BCUT2D eigenvalue weighted by atomic mass is 16.5. The van der Waals surface area contributed by atoms with Gasteiger partial charge in [-0.2, -0.15) is 0 Å². The molecule has 0 saturated heterocycles. The molecule has 0 unspecified atom stereocenters. The SMILES string of the molecule is COC(=O)C(c1ccc(O)cc1)c1ccc(O)cc1. The van der Waals surface area contributed by atoms with E-state index in [2.05, 4.69) is 0 Å². The molecular weight excluding hydrogens is 244 g/mol. The van der Waals surface area contributed by atoms with Crippen LogP contribution in [0.25, 0.3) is 0 Å². The van der Waals surface area contributed by atoms with Gasteiger partial charge in [0.05, 0.1) is 7.11 Å². The highest BCUT2D eigenvalue weighted by Gasteiger charge is 2.23. The number of benzene rings is 2. The maximum atomic E-state index is 11.9. The van der Waals surface area contributed by atoms with Crippen LogP contribution in [-0.2, 0) is 9.53 Å². The largest absolute Gasteiger partial charge is 0.508 e. The van der Waals surface area contributed by atoms with Gasteiger partial charge in [0, 0.05) is 0 Å². The minimum atomic E-state index is -0.578. The first-order valence-corrected chi connectivity index (χ1v) is 5.77. The van der Waals surface area contributed by atoms with Gasteiger partial charge in [0.2, 0.25) is 0 Å². The van der Waals surface area contributed by atoms with Crippen LogP contribution in [0.5, 0.6) is 11.5 Å². The molecule has 0 aromatic heterocycles. The molecule has 0 aliphatic heterocycles. The van der Waals surface area contributed by atoms with Crippen molar-refractivity contribution >= 4 is 5.97 Å². The Morgan fingerprint density at radius 1 is 0.895 bits per heavy atom. The zero-order valence-electron chi connectivity index (χ0n) is 10.4. The van der Waals surface area contributed by atoms with Crippen LogP contribution in [0, 0.1) is 0 Å². The van der Waals surface area contributed by atoms with Crippen molar-refractivity contribution in [2.45, 2.75) is 5.92 Å². The smallest absolute Gasteiger partial charge is 0.317 e. The zero-order chi connectivity index (χ0) is 13.8. The van der Waals surface area contributed by atoms with Gasteiger partial charge >= 0.3 is 5.97 Å². The average molecular weight is 258 g/mol. The first kappa shape index (κ1) is 13.0. The first-order chi connectivity index (χ1) is 9.11. The second-order valence-corrected chi connectivity index (χ2v) is 4.14. The van der Waals surface area contributed by atoms with Gasteiger partial charge in [0.15, 0.2) is 0 Å². The topological polar surface area (TPSA) is 66.8 Å². The highest BCUT2D eigenvalue weighted by Crippen LogP contribution is 2.28. The van der Waals surface area contributed by atoms with Crippen molar-refractivity contribution in [3.05, 3.63) is 59.7 Å². The minimum absolute atomic E-state index is 0.137. The third-order valence-corrected chi connectivity index (χ3v) is 2.89. The average Bonchev–Trinajstić information content (AvgIpc) is 2.43. The number of methoxy groups -OCH3 is 1. The van der Waals surface area contributed by atoms with Crippen molar-refractivity contribution in [1.82, 2.24) is 0 Å². The molecule has 0 fully saturated rings. The van der Waals surface area contributed by atoms with E-state index in [0.717, 1.165) is 11.1 Å². The summed E-state index contributed by atoms with van der Waals surface area (Å²) in [6, 6.07) is 12.8. The molecule has 2 N–H and O–H groups in total. The Hall–Kier alpha value is -2.49. The van der Waals surface area contributed by atoms with Gasteiger partial charge in [-0.15, -0.1) is 0 Å². The molecule has 0 radical (unpaired) electrons. The Bertz CT molecular complexity index is 512. The summed E-state index contributed by atoms with van der Waals surface area (Å²) in [5.74, 6) is -0.696. The number of esters is 1. The fourth-order valence-electron chi connectivity index (χ4n) is 1.92. The van der Waals surface area contributed by atoms with E-state index in [1.165, 1.54) is 31.4 Å². The lowest BCUT2D eigenvalue weighted by Crippen LogP contribution is -2.15. The number of phenols is 2. The molecule has 2 rings (SSSR count). The molecule has 0 spiro atoms. The van der Waals surface area contributed by atoms with Gasteiger partial charge in [0.1, 0.15) is 17.4 Å². The quantitative estimate of drug-likeness (QED) is 0.830. The molecule has 0 aliphatic carbocycles. The Kier molecular flexibility index (Phi) is 3.71. The van der Waals surface area contributed by atoms with Crippen molar-refractivity contribution in [3.63, 3.8) is 0 Å². The fourth-order valence-corrected chi connectivity index (χ4v) is 1.92. The van der Waals surface area contributed by atoms with E-state index in [-0.39, 0.29) is 11.5 Å². The van der Waals surface area contributed by atoms with Crippen LogP contribution in [0.3, 0.4) is 0 Å². The standard InChI is InChI=1S/C15H14O4/c1-19-15(18)14(10-2-6-12(16)7-3-10)11-4-8-13(17)9-5-11/h2-9,14,16-17H,1H3. The summed E-state index contributed by atoms with van der Waals surface area (Å²) in [6.07, 6.45) is 0. The Labute approximate surface area is 110 Å². The summed E-state index contributed by atoms with van der Waals surface area (Å²) >= 11 is 0. The van der Waals surface area contributed by atoms with Crippen molar-refractivity contribution in [3.8, 4) is 11.5 Å². The summed E-state index contributed by atoms with van der Waals surface area (Å²) < 4.78 is 4.82. The number of phenolic OH excluding ortho intramolecular Hbond substituents is 2. The second-order valence-electron chi connectivity index (χ2n) is 4.14. The summed E-state index contributed by atoms with van der Waals surface area (Å²) in [4.78, 5) is 11.9. The van der Waals surface area contributed by atoms with Crippen LogP contribution in [0.15, 0.2) is 48.5 Å². The second kappa shape index (κ2) is 5.44. The lowest BCUT2D eigenvalue weighted by molar-refractivity contribution is -0.141. The molecule has 2 aromatic rings. The molecular formula is C15H14O4. The Balaban J connectivity index is 2.44. The van der Waals surface area contributed by atoms with Gasteiger partial charge in [-0.25, -0.2) is 0 Å². The van der Waals surface area contributed by atoms with Crippen LogP contribution >= 0.6 is 0 Å². The molecule has 0 saturated carbocycles. The molecule has 0 amide bonds. The van der Waals surface area contributed by atoms with E-state index in [1.54, 1.807) is 24.3 Å². The molecule has 2 aromatic carbocycles. The number of hydrogen-bond donors (Lipinski definition) is 2. The normalized spacial score (nSPS) is 10.4. The van der Waals surface area contributed by atoms with Gasteiger partial charge in [-0.3, -0.25) is 4.79 Å². The molecule has 0 bridgehead atoms. The first-order valence-electron chi connectivity index (χ1n) is 5.77. The number of ether oxygens (including phenoxy) is 1. The number of hydrogen-bond acceptors (Lipinski definition) is 4. The van der Waals surface area contributed by atoms with Crippen molar-refractivity contribution in [1.29, 1.82) is 0 Å². The van der Waals surface area contributed by atoms with Crippen LogP contribution < -0.4 is 0 Å². The van der Waals surface area contributed by atoms with E-state index >= 15 is 0 Å². The minimum Gasteiger partial charge on any atom is -0.508 e. The van der Waals surface area contributed by atoms with Crippen molar-refractivity contribution in [2.75, 3.05) is 7.11 Å². The van der Waals surface area contributed by atoms with Crippen LogP contribution in [0.4, 0.5) is 0 Å². The predicted octanol–water partition coefficient (Wildman–Crippen LogP) is 2.40. The van der Waals surface area contributed by atoms with E-state index in [0.29, 0.717) is 0 Å². The van der Waals surface area contributed by atoms with Gasteiger partial charge in [-0.1, -0.05) is 24.3 Å². The van der Waals surface area contributed by atoms with Crippen LogP contribution in [0.1, 0.15) is 17.0 Å².